The lowest BCUT2D eigenvalue weighted by Gasteiger charge is -2.12. The van der Waals surface area contributed by atoms with E-state index in [1.54, 1.807) is 0 Å². The number of nitrogens with one attached hydrogen (secondary N) is 2. The molecule has 0 aliphatic rings. The Morgan fingerprint density at radius 1 is 1.21 bits per heavy atom. The number of halogens is 2. The van der Waals surface area contributed by atoms with Gasteiger partial charge in [0.1, 0.15) is 11.6 Å². The first kappa shape index (κ1) is 18.0. The Balaban J connectivity index is 2.25. The Kier molecular flexibility index (Phi) is 5.30. The molecule has 0 atom stereocenters. The van der Waals surface area contributed by atoms with E-state index in [2.05, 4.69) is 10.0 Å². The van der Waals surface area contributed by atoms with Gasteiger partial charge < -0.3 is 10.1 Å². The van der Waals surface area contributed by atoms with Gasteiger partial charge in [-0.05, 0) is 30.3 Å². The molecule has 1 amide bonds. The second-order valence-electron chi connectivity index (χ2n) is 4.87. The van der Waals surface area contributed by atoms with Gasteiger partial charge in [-0.2, -0.15) is 0 Å². The van der Waals surface area contributed by atoms with E-state index in [1.165, 1.54) is 31.4 Å². The lowest BCUT2D eigenvalue weighted by atomic mass is 10.2. The molecule has 0 unspecified atom stereocenters. The van der Waals surface area contributed by atoms with Crippen LogP contribution in [0.5, 0.6) is 5.75 Å². The topological polar surface area (TPSA) is 84.5 Å². The molecule has 0 bridgehead atoms. The number of anilines is 2. The molecule has 2 aromatic carbocycles. The van der Waals surface area contributed by atoms with E-state index in [0.29, 0.717) is 5.69 Å². The van der Waals surface area contributed by atoms with E-state index < -0.39 is 21.7 Å². The van der Waals surface area contributed by atoms with Gasteiger partial charge in [0.2, 0.25) is 10.0 Å². The minimum absolute atomic E-state index is 0.0187. The molecule has 0 spiro atoms. The van der Waals surface area contributed by atoms with Crippen molar-refractivity contribution in [3.63, 3.8) is 0 Å². The van der Waals surface area contributed by atoms with Gasteiger partial charge in [0.15, 0.2) is 0 Å². The van der Waals surface area contributed by atoms with Crippen LogP contribution in [0.1, 0.15) is 10.4 Å². The predicted octanol–water partition coefficient (Wildman–Crippen LogP) is 3.11. The van der Waals surface area contributed by atoms with Crippen molar-refractivity contribution in [2.24, 2.45) is 0 Å². The van der Waals surface area contributed by atoms with Crippen LogP contribution >= 0.6 is 11.6 Å². The summed E-state index contributed by atoms with van der Waals surface area (Å²) in [6.45, 7) is 0. The van der Waals surface area contributed by atoms with Crippen LogP contribution in [0, 0.1) is 5.82 Å². The van der Waals surface area contributed by atoms with Crippen molar-refractivity contribution < 1.29 is 22.3 Å². The van der Waals surface area contributed by atoms with Crippen molar-refractivity contribution in [2.75, 3.05) is 23.4 Å². The third-order valence-electron chi connectivity index (χ3n) is 2.93. The Labute approximate surface area is 143 Å². The third-order valence-corrected chi connectivity index (χ3v) is 3.83. The van der Waals surface area contributed by atoms with Crippen LogP contribution in [-0.2, 0) is 10.0 Å². The molecule has 0 aliphatic carbocycles. The van der Waals surface area contributed by atoms with Gasteiger partial charge in [0, 0.05) is 11.8 Å². The monoisotopic (exact) mass is 372 g/mol. The molecular weight excluding hydrogens is 359 g/mol. The second-order valence-corrected chi connectivity index (χ2v) is 7.02. The van der Waals surface area contributed by atoms with E-state index in [9.17, 15) is 17.6 Å². The number of carbonyl (C=O) groups is 1. The quantitative estimate of drug-likeness (QED) is 0.844. The lowest BCUT2D eigenvalue weighted by Crippen LogP contribution is -2.14. The maximum atomic E-state index is 13.0. The van der Waals surface area contributed by atoms with Crippen LogP contribution in [-0.4, -0.2) is 27.7 Å². The first-order chi connectivity index (χ1) is 11.2. The highest BCUT2D eigenvalue weighted by Gasteiger charge is 2.14. The number of rotatable bonds is 5. The average molecular weight is 373 g/mol. The largest absolute Gasteiger partial charge is 0.494 e. The first-order valence-corrected chi connectivity index (χ1v) is 8.89. The summed E-state index contributed by atoms with van der Waals surface area (Å²) in [4.78, 5) is 12.2. The molecule has 0 heterocycles. The fourth-order valence-electron chi connectivity index (χ4n) is 1.93. The zero-order valence-corrected chi connectivity index (χ0v) is 14.3. The number of amides is 1. The summed E-state index contributed by atoms with van der Waals surface area (Å²) < 4.78 is 43.0. The zero-order chi connectivity index (χ0) is 17.9. The number of sulfonamides is 1. The van der Waals surface area contributed by atoms with Gasteiger partial charge in [-0.3, -0.25) is 9.52 Å². The maximum absolute atomic E-state index is 13.0. The van der Waals surface area contributed by atoms with E-state index in [0.717, 1.165) is 18.4 Å². The number of benzene rings is 2. The smallest absolute Gasteiger partial charge is 0.257 e. The molecule has 2 N–H and O–H groups in total. The van der Waals surface area contributed by atoms with Gasteiger partial charge in [0.25, 0.3) is 5.91 Å². The number of hydrogen-bond donors (Lipinski definition) is 2. The average Bonchev–Trinajstić information content (AvgIpc) is 2.47. The van der Waals surface area contributed by atoms with Crippen LogP contribution in [0.3, 0.4) is 0 Å². The summed E-state index contributed by atoms with van der Waals surface area (Å²) in [5.41, 5.74) is 0.699. The highest BCUT2D eigenvalue weighted by Crippen LogP contribution is 2.29. The minimum atomic E-state index is -3.47. The van der Waals surface area contributed by atoms with E-state index in [4.69, 9.17) is 16.3 Å². The van der Waals surface area contributed by atoms with Crippen molar-refractivity contribution >= 4 is 38.9 Å². The maximum Gasteiger partial charge on any atom is 0.257 e. The number of methoxy groups -OCH3 is 1. The summed E-state index contributed by atoms with van der Waals surface area (Å²) in [5, 5.41) is 2.56. The Hall–Kier alpha value is -2.32. The van der Waals surface area contributed by atoms with Gasteiger partial charge in [-0.25, -0.2) is 12.8 Å². The van der Waals surface area contributed by atoms with E-state index in [1.807, 2.05) is 0 Å². The number of hydrogen-bond acceptors (Lipinski definition) is 4. The van der Waals surface area contributed by atoms with Crippen LogP contribution in [0.4, 0.5) is 15.8 Å². The predicted molar refractivity (Wildman–Crippen MR) is 90.8 cm³/mol. The molecule has 0 aliphatic heterocycles. The number of ether oxygens (including phenoxy) is 1. The summed E-state index contributed by atoms with van der Waals surface area (Å²) in [6, 6.07) is 7.82. The van der Waals surface area contributed by atoms with Crippen molar-refractivity contribution in [3.8, 4) is 5.75 Å². The molecule has 0 saturated heterocycles. The molecule has 0 radical (unpaired) electrons. The fourth-order valence-corrected chi connectivity index (χ4v) is 2.75. The molecule has 24 heavy (non-hydrogen) atoms. The van der Waals surface area contributed by atoms with Gasteiger partial charge in [0.05, 0.1) is 29.6 Å². The minimum Gasteiger partial charge on any atom is -0.494 e. The summed E-state index contributed by atoms with van der Waals surface area (Å²) in [7, 11) is -2.10. The van der Waals surface area contributed by atoms with Crippen molar-refractivity contribution in [1.82, 2.24) is 0 Å². The lowest BCUT2D eigenvalue weighted by molar-refractivity contribution is 0.102. The van der Waals surface area contributed by atoms with Crippen LogP contribution in [0.2, 0.25) is 5.02 Å². The first-order valence-electron chi connectivity index (χ1n) is 6.62. The number of carbonyl (C=O) groups excluding carboxylic acids is 1. The molecule has 128 valence electrons. The van der Waals surface area contributed by atoms with Crippen molar-refractivity contribution in [1.29, 1.82) is 0 Å². The molecule has 0 saturated carbocycles. The third kappa shape index (κ3) is 4.59. The van der Waals surface area contributed by atoms with Crippen LogP contribution in [0.25, 0.3) is 0 Å². The molecule has 2 rings (SSSR count). The fraction of sp³-hybridized carbons (Fsp3) is 0.133. The van der Waals surface area contributed by atoms with Gasteiger partial charge >= 0.3 is 0 Å². The Morgan fingerprint density at radius 3 is 2.50 bits per heavy atom. The zero-order valence-electron chi connectivity index (χ0n) is 12.8. The molecule has 0 aromatic heterocycles. The molecular formula is C15H14ClFN2O4S. The second kappa shape index (κ2) is 7.06. The van der Waals surface area contributed by atoms with Gasteiger partial charge in [-0.15, -0.1) is 0 Å². The van der Waals surface area contributed by atoms with Crippen LogP contribution < -0.4 is 14.8 Å². The van der Waals surface area contributed by atoms with Crippen LogP contribution in [0.15, 0.2) is 36.4 Å². The summed E-state index contributed by atoms with van der Waals surface area (Å²) in [6.07, 6.45) is 1.01. The molecule has 2 aromatic rings. The Bertz CT molecular complexity index is 887. The SMILES string of the molecule is COc1cc(NC(=O)c2ccc(F)cc2Cl)ccc1NS(C)(=O)=O. The van der Waals surface area contributed by atoms with Crippen molar-refractivity contribution in [3.05, 3.63) is 52.8 Å². The van der Waals surface area contributed by atoms with E-state index in [-0.39, 0.29) is 22.0 Å². The normalized spacial score (nSPS) is 11.0. The molecule has 9 heteroatoms. The summed E-state index contributed by atoms with van der Waals surface area (Å²) >= 11 is 5.84. The molecule has 0 fully saturated rings. The van der Waals surface area contributed by atoms with E-state index >= 15 is 0 Å². The van der Waals surface area contributed by atoms with Crippen molar-refractivity contribution in [2.45, 2.75) is 0 Å². The highest BCUT2D eigenvalue weighted by molar-refractivity contribution is 7.92. The standard InChI is InChI=1S/C15H14ClFN2O4S/c1-23-14-8-10(4-6-13(14)19-24(2,21)22)18-15(20)11-5-3-9(17)7-12(11)16/h3-8,19H,1-2H3,(H,18,20). The molecule has 6 nitrogen and oxygen atoms in total. The van der Waals surface area contributed by atoms with Gasteiger partial charge in [-0.1, -0.05) is 11.6 Å². The highest BCUT2D eigenvalue weighted by atomic mass is 35.5. The Morgan fingerprint density at radius 2 is 1.92 bits per heavy atom. The summed E-state index contributed by atoms with van der Waals surface area (Å²) in [5.74, 6) is -0.858.